The van der Waals surface area contributed by atoms with Crippen molar-refractivity contribution >= 4 is 23.6 Å². The Bertz CT molecular complexity index is 838. The van der Waals surface area contributed by atoms with Crippen LogP contribution in [0.15, 0.2) is 4.99 Å². The lowest BCUT2D eigenvalue weighted by Gasteiger charge is -2.24. The summed E-state index contributed by atoms with van der Waals surface area (Å²) in [6.45, 7) is 1.88. The molecule has 0 bridgehead atoms. The van der Waals surface area contributed by atoms with Crippen molar-refractivity contribution in [3.63, 3.8) is 0 Å². The lowest BCUT2D eigenvalue weighted by Crippen LogP contribution is -2.33. The first-order valence-electron chi connectivity index (χ1n) is 10.7. The van der Waals surface area contributed by atoms with E-state index in [-0.39, 0.29) is 30.4 Å². The highest BCUT2D eigenvalue weighted by molar-refractivity contribution is 5.93. The lowest BCUT2D eigenvalue weighted by molar-refractivity contribution is -0.116. The molecule has 0 aliphatic carbocycles. The van der Waals surface area contributed by atoms with Gasteiger partial charge in [0, 0.05) is 18.6 Å². The molecule has 30 heavy (non-hydrogen) atoms. The maximum Gasteiger partial charge on any atom is 0.310 e. The number of nitrogens with one attached hydrogen (secondary N) is 1. The molecule has 162 valence electrons. The van der Waals surface area contributed by atoms with Gasteiger partial charge < -0.3 is 15.2 Å². The van der Waals surface area contributed by atoms with Crippen LogP contribution in [0.2, 0.25) is 0 Å². The van der Waals surface area contributed by atoms with Crippen LogP contribution in [0.4, 0.5) is 15.9 Å². The van der Waals surface area contributed by atoms with Crippen molar-refractivity contribution in [2.75, 3.05) is 11.9 Å². The van der Waals surface area contributed by atoms with E-state index in [1.807, 2.05) is 0 Å². The Hall–Kier alpha value is -2.37. The zero-order chi connectivity index (χ0) is 21.6. The third-order valence-electron chi connectivity index (χ3n) is 5.76. The molecule has 0 aromatic carbocycles. The first-order chi connectivity index (χ1) is 14.5. The van der Waals surface area contributed by atoms with Gasteiger partial charge in [0.2, 0.25) is 5.91 Å². The second-order valence-electron chi connectivity index (χ2n) is 7.97. The summed E-state index contributed by atoms with van der Waals surface area (Å²) in [5, 5.41) is 12.3. The number of rotatable bonds is 8. The van der Waals surface area contributed by atoms with Gasteiger partial charge in [0.1, 0.15) is 5.69 Å². The highest BCUT2D eigenvalue weighted by Crippen LogP contribution is 2.37. The summed E-state index contributed by atoms with van der Waals surface area (Å²) in [5.41, 5.74) is -0.0874. The first kappa shape index (κ1) is 22.3. The third kappa shape index (κ3) is 5.21. The van der Waals surface area contributed by atoms with Crippen molar-refractivity contribution in [3.05, 3.63) is 11.8 Å². The standard InChI is InChI=1S/C22H29FN4O3/c1-3-5-6-7-8-18(29)26-20-19-16(25-21(23)27-20)10-9-15(13-24-19)17-11-12-22(4-2,14-28)30-17/h2,13,15,17,28H,3,5-12,14H2,1H3,(H,25,26,27,29)/t15?,17-,22+/m1/s1. The number of aliphatic imine (C=N–C) groups is 1. The summed E-state index contributed by atoms with van der Waals surface area (Å²) in [6, 6.07) is 0. The van der Waals surface area contributed by atoms with E-state index < -0.39 is 11.7 Å². The second-order valence-corrected chi connectivity index (χ2v) is 7.97. The minimum absolute atomic E-state index is 0.0540. The number of fused-ring (bicyclic) bond motifs is 1. The Labute approximate surface area is 176 Å². The molecule has 2 aliphatic rings. The number of halogens is 1. The summed E-state index contributed by atoms with van der Waals surface area (Å²) in [7, 11) is 0. The SMILES string of the molecule is C#C[C@@]1(CO)CC[C@H](C2C=Nc3c(nc(F)nc3NC(=O)CCCCCC)CC2)O1. The number of amides is 1. The van der Waals surface area contributed by atoms with Crippen LogP contribution < -0.4 is 5.32 Å². The van der Waals surface area contributed by atoms with E-state index in [1.165, 1.54) is 0 Å². The number of ether oxygens (including phenoxy) is 1. The molecule has 3 rings (SSSR count). The summed E-state index contributed by atoms with van der Waals surface area (Å²) in [5.74, 6) is 2.40. The largest absolute Gasteiger partial charge is 0.392 e. The van der Waals surface area contributed by atoms with Gasteiger partial charge in [-0.2, -0.15) is 9.37 Å². The van der Waals surface area contributed by atoms with Gasteiger partial charge in [0.25, 0.3) is 0 Å². The fourth-order valence-corrected chi connectivity index (χ4v) is 3.96. The average Bonchev–Trinajstić information content (AvgIpc) is 3.06. The molecule has 2 N–H and O–H groups in total. The third-order valence-corrected chi connectivity index (χ3v) is 5.76. The molecule has 0 saturated carbocycles. The van der Waals surface area contributed by atoms with E-state index in [4.69, 9.17) is 11.2 Å². The summed E-state index contributed by atoms with van der Waals surface area (Å²) in [4.78, 5) is 24.4. The zero-order valence-electron chi connectivity index (χ0n) is 17.4. The number of unbranched alkanes of at least 4 members (excludes halogenated alkanes) is 3. The van der Waals surface area contributed by atoms with Crippen LogP contribution in [0.3, 0.4) is 0 Å². The Morgan fingerprint density at radius 3 is 2.93 bits per heavy atom. The highest BCUT2D eigenvalue weighted by Gasteiger charge is 2.41. The van der Waals surface area contributed by atoms with Gasteiger partial charge in [-0.05, 0) is 32.1 Å². The van der Waals surface area contributed by atoms with Gasteiger partial charge in [-0.3, -0.25) is 9.79 Å². The summed E-state index contributed by atoms with van der Waals surface area (Å²) < 4.78 is 19.9. The van der Waals surface area contributed by atoms with Crippen molar-refractivity contribution in [1.82, 2.24) is 9.97 Å². The molecule has 1 fully saturated rings. The maximum atomic E-state index is 14.0. The van der Waals surface area contributed by atoms with E-state index >= 15 is 0 Å². The van der Waals surface area contributed by atoms with Gasteiger partial charge in [-0.25, -0.2) is 4.98 Å². The van der Waals surface area contributed by atoms with Gasteiger partial charge in [0.15, 0.2) is 11.4 Å². The van der Waals surface area contributed by atoms with Crippen molar-refractivity contribution in [1.29, 1.82) is 0 Å². The predicted octanol–water partition coefficient (Wildman–Crippen LogP) is 3.33. The topological polar surface area (TPSA) is 96.7 Å². The van der Waals surface area contributed by atoms with E-state index in [9.17, 15) is 14.3 Å². The van der Waals surface area contributed by atoms with Crippen LogP contribution in [-0.2, 0) is 16.0 Å². The van der Waals surface area contributed by atoms with Gasteiger partial charge in [-0.1, -0.05) is 32.1 Å². The Balaban J connectivity index is 1.71. The Kier molecular flexibility index (Phi) is 7.51. The summed E-state index contributed by atoms with van der Waals surface area (Å²) in [6.07, 6.45) is 12.9. The second kappa shape index (κ2) is 10.1. The molecule has 0 radical (unpaired) electrons. The number of carbonyl (C=O) groups is 1. The number of aliphatic hydroxyl groups excluding tert-OH is 1. The Morgan fingerprint density at radius 1 is 1.40 bits per heavy atom. The molecule has 3 heterocycles. The van der Waals surface area contributed by atoms with Crippen LogP contribution in [0.5, 0.6) is 0 Å². The molecular weight excluding hydrogens is 387 g/mol. The number of carbonyl (C=O) groups excluding carboxylic acids is 1. The number of anilines is 1. The van der Waals surface area contributed by atoms with Crippen molar-refractivity contribution in [3.8, 4) is 12.3 Å². The first-order valence-corrected chi connectivity index (χ1v) is 10.7. The number of aliphatic hydroxyl groups is 1. The van der Waals surface area contributed by atoms with Gasteiger partial charge >= 0.3 is 6.08 Å². The van der Waals surface area contributed by atoms with E-state index in [2.05, 4.69) is 33.1 Å². The highest BCUT2D eigenvalue weighted by atomic mass is 19.1. The molecule has 8 heteroatoms. The van der Waals surface area contributed by atoms with Gasteiger partial charge in [-0.15, -0.1) is 6.42 Å². The van der Waals surface area contributed by atoms with Crippen LogP contribution in [-0.4, -0.2) is 45.5 Å². The number of aromatic nitrogens is 2. The fourth-order valence-electron chi connectivity index (χ4n) is 3.96. The van der Waals surface area contributed by atoms with Crippen LogP contribution in [0.1, 0.15) is 64.0 Å². The number of hydrogen-bond acceptors (Lipinski definition) is 6. The molecule has 0 spiro atoms. The monoisotopic (exact) mass is 416 g/mol. The number of hydrogen-bond donors (Lipinski definition) is 2. The van der Waals surface area contributed by atoms with Crippen LogP contribution in [0, 0.1) is 24.3 Å². The van der Waals surface area contributed by atoms with Crippen LogP contribution >= 0.6 is 0 Å². The molecule has 1 unspecified atom stereocenters. The van der Waals surface area contributed by atoms with Crippen molar-refractivity contribution in [2.45, 2.75) is 76.4 Å². The minimum atomic E-state index is -0.944. The quantitative estimate of drug-likeness (QED) is 0.385. The zero-order valence-corrected chi connectivity index (χ0v) is 17.4. The number of nitrogens with zero attached hydrogens (tertiary/aromatic N) is 3. The van der Waals surface area contributed by atoms with E-state index in [0.717, 1.165) is 25.7 Å². The van der Waals surface area contributed by atoms with Crippen LogP contribution in [0.25, 0.3) is 0 Å². The molecule has 7 nitrogen and oxygen atoms in total. The summed E-state index contributed by atoms with van der Waals surface area (Å²) >= 11 is 0. The molecule has 2 aliphatic heterocycles. The van der Waals surface area contributed by atoms with Crippen molar-refractivity contribution in [2.24, 2.45) is 10.9 Å². The average molecular weight is 416 g/mol. The molecule has 1 saturated heterocycles. The number of terminal acetylenes is 1. The maximum absolute atomic E-state index is 14.0. The molecule has 1 aromatic rings. The Morgan fingerprint density at radius 2 is 2.23 bits per heavy atom. The van der Waals surface area contributed by atoms with Crippen molar-refractivity contribution < 1.29 is 19.0 Å². The fraction of sp³-hybridized carbons (Fsp3) is 0.636. The predicted molar refractivity (Wildman–Crippen MR) is 112 cm³/mol. The molecular formula is C22H29FN4O3. The van der Waals surface area contributed by atoms with Gasteiger partial charge in [0.05, 0.1) is 18.4 Å². The van der Waals surface area contributed by atoms with E-state index in [0.29, 0.717) is 43.5 Å². The normalized spacial score (nSPS) is 25.4. The molecule has 3 atom stereocenters. The minimum Gasteiger partial charge on any atom is -0.392 e. The van der Waals surface area contributed by atoms with E-state index in [1.54, 1.807) is 6.21 Å². The number of aryl methyl sites for hydroxylation is 1. The molecule has 1 aromatic heterocycles. The molecule has 1 amide bonds. The lowest BCUT2D eigenvalue weighted by atomic mass is 9.94. The smallest absolute Gasteiger partial charge is 0.310 e.